The maximum Gasteiger partial charge on any atom is 0.757 e. The van der Waals surface area contributed by atoms with Crippen LogP contribution in [0.25, 0.3) is 0 Å². The van der Waals surface area contributed by atoms with Crippen LogP contribution < -0.4 is 0 Å². The van der Waals surface area contributed by atoms with Gasteiger partial charge in [0.15, 0.2) is 0 Å². The zero-order valence-electron chi connectivity index (χ0n) is 9.12. The highest BCUT2D eigenvalue weighted by Crippen LogP contribution is 2.32. The normalized spacial score (nSPS) is 33.1. The van der Waals surface area contributed by atoms with Crippen LogP contribution in [-0.2, 0) is 0 Å². The molecule has 3 rings (SSSR count). The number of hydrogen-bond donors (Lipinski definition) is 0. The van der Waals surface area contributed by atoms with Crippen molar-refractivity contribution in [3.63, 3.8) is 0 Å². The van der Waals surface area contributed by atoms with Gasteiger partial charge in [0.25, 0.3) is 0 Å². The maximum atomic E-state index is 2.64. The molecule has 3 aliphatic rings. The summed E-state index contributed by atoms with van der Waals surface area (Å²) in [6, 6.07) is 0. The summed E-state index contributed by atoms with van der Waals surface area (Å²) < 4.78 is 2.50. The third-order valence-corrected chi connectivity index (χ3v) is 4.22. The summed E-state index contributed by atoms with van der Waals surface area (Å²) in [6.45, 7) is 5.56. The fourth-order valence-corrected chi connectivity index (χ4v) is 3.57. The summed E-state index contributed by atoms with van der Waals surface area (Å²) in [5.41, 5.74) is 0. The molecule has 2 radical (unpaired) electrons. The SMILES string of the molecule is [B]1[N+]2([B][N+]13CCCCC3)CCCCC2. The predicted molar refractivity (Wildman–Crippen MR) is 59.2 cm³/mol. The monoisotopic (exact) mass is 190 g/mol. The first-order valence-electron chi connectivity index (χ1n) is 6.30. The van der Waals surface area contributed by atoms with E-state index in [0.717, 1.165) is 0 Å². The van der Waals surface area contributed by atoms with E-state index < -0.39 is 0 Å². The van der Waals surface area contributed by atoms with E-state index in [9.17, 15) is 0 Å². The summed E-state index contributed by atoms with van der Waals surface area (Å²) in [6.07, 6.45) is 8.67. The molecule has 2 spiro atoms. The van der Waals surface area contributed by atoms with E-state index in [0.29, 0.717) is 0 Å². The Morgan fingerprint density at radius 3 is 1.21 bits per heavy atom. The summed E-state index contributed by atoms with van der Waals surface area (Å²) in [5, 5.41) is 0. The molecule has 2 nitrogen and oxygen atoms in total. The maximum absolute atomic E-state index is 2.64. The number of piperidine rings is 2. The molecule has 0 bridgehead atoms. The second-order valence-electron chi connectivity index (χ2n) is 5.45. The Bertz CT molecular complexity index is 188. The smallest absolute Gasteiger partial charge is 0.342 e. The van der Waals surface area contributed by atoms with Crippen molar-refractivity contribution < 1.29 is 8.61 Å². The second-order valence-corrected chi connectivity index (χ2v) is 5.45. The third-order valence-electron chi connectivity index (χ3n) is 4.22. The fourth-order valence-electron chi connectivity index (χ4n) is 3.57. The first-order chi connectivity index (χ1) is 6.83. The quantitative estimate of drug-likeness (QED) is 0.501. The topological polar surface area (TPSA) is 0 Å². The standard InChI is InChI=1S/C10H20B2N2/c1-3-7-13(8-4-1)11-14(12-13)9-5-2-6-10-14/h1-10H2/q+2. The minimum Gasteiger partial charge on any atom is -0.342 e. The first-order valence-corrected chi connectivity index (χ1v) is 6.30. The van der Waals surface area contributed by atoms with E-state index >= 15 is 0 Å². The number of quaternary nitrogens is 2. The van der Waals surface area contributed by atoms with Crippen molar-refractivity contribution in [2.24, 2.45) is 0 Å². The third kappa shape index (κ3) is 1.43. The highest BCUT2D eigenvalue weighted by molar-refractivity contribution is 6.47. The Morgan fingerprint density at radius 1 is 0.500 bits per heavy atom. The van der Waals surface area contributed by atoms with Crippen LogP contribution in [0.3, 0.4) is 0 Å². The molecule has 4 heteroatoms. The Morgan fingerprint density at radius 2 is 0.857 bits per heavy atom. The molecule has 0 aliphatic carbocycles. The van der Waals surface area contributed by atoms with Crippen LogP contribution in [0, 0.1) is 0 Å². The highest BCUT2D eigenvalue weighted by Gasteiger charge is 2.69. The summed E-state index contributed by atoms with van der Waals surface area (Å²) in [5.74, 6) is 0. The number of nitrogens with zero attached hydrogens (tertiary/aromatic N) is 2. The number of rotatable bonds is 0. The van der Waals surface area contributed by atoms with Crippen molar-refractivity contribution in [1.82, 2.24) is 0 Å². The summed E-state index contributed by atoms with van der Waals surface area (Å²) in [7, 11) is 5.27. The van der Waals surface area contributed by atoms with Gasteiger partial charge in [-0.15, -0.1) is 0 Å². The van der Waals surface area contributed by atoms with Gasteiger partial charge in [0.2, 0.25) is 0 Å². The molecule has 14 heavy (non-hydrogen) atoms. The van der Waals surface area contributed by atoms with Gasteiger partial charge in [-0.25, -0.2) is 0 Å². The first kappa shape index (κ1) is 9.29. The van der Waals surface area contributed by atoms with Crippen molar-refractivity contribution in [2.75, 3.05) is 26.2 Å². The van der Waals surface area contributed by atoms with Crippen molar-refractivity contribution in [3.8, 4) is 0 Å². The minimum absolute atomic E-state index is 1.25. The highest BCUT2D eigenvalue weighted by atomic mass is 15.5. The van der Waals surface area contributed by atoms with E-state index in [1.165, 1.54) is 73.3 Å². The fraction of sp³-hybridized carbons (Fsp3) is 1.00. The average molecular weight is 190 g/mol. The molecule has 3 fully saturated rings. The van der Waals surface area contributed by atoms with Gasteiger partial charge in [0.1, 0.15) is 0 Å². The molecule has 0 N–H and O–H groups in total. The Kier molecular flexibility index (Phi) is 2.17. The lowest BCUT2D eigenvalue weighted by Crippen LogP contribution is -2.85. The molecule has 3 heterocycles. The zero-order chi connectivity index (χ0) is 9.49. The molecular weight excluding hydrogens is 170 g/mol. The van der Waals surface area contributed by atoms with Crippen LogP contribution >= 0.6 is 0 Å². The summed E-state index contributed by atoms with van der Waals surface area (Å²) >= 11 is 0. The van der Waals surface area contributed by atoms with Gasteiger partial charge in [-0.1, -0.05) is 0 Å². The lowest BCUT2D eigenvalue weighted by molar-refractivity contribution is -0.935. The molecule has 0 atom stereocenters. The minimum atomic E-state index is 1.25. The molecule has 74 valence electrons. The molecule has 0 aromatic rings. The molecule has 0 saturated carbocycles. The van der Waals surface area contributed by atoms with Crippen LogP contribution in [-0.4, -0.2) is 49.9 Å². The lowest BCUT2D eigenvalue weighted by Gasteiger charge is -2.54. The van der Waals surface area contributed by atoms with Crippen LogP contribution in [0.2, 0.25) is 0 Å². The molecule has 0 aromatic carbocycles. The van der Waals surface area contributed by atoms with Gasteiger partial charge in [-0.2, -0.15) is 0 Å². The van der Waals surface area contributed by atoms with Crippen LogP contribution in [0.1, 0.15) is 38.5 Å². The van der Waals surface area contributed by atoms with Gasteiger partial charge in [-0.3, -0.25) is 0 Å². The molecule has 0 unspecified atom stereocenters. The van der Waals surface area contributed by atoms with Crippen LogP contribution in [0.15, 0.2) is 0 Å². The second kappa shape index (κ2) is 3.28. The van der Waals surface area contributed by atoms with E-state index in [1.807, 2.05) is 0 Å². The van der Waals surface area contributed by atoms with Gasteiger partial charge < -0.3 is 8.61 Å². The largest absolute Gasteiger partial charge is 0.757 e. The Labute approximate surface area is 89.0 Å². The van der Waals surface area contributed by atoms with Crippen LogP contribution in [0.5, 0.6) is 0 Å². The van der Waals surface area contributed by atoms with Crippen molar-refractivity contribution in [2.45, 2.75) is 38.5 Å². The van der Waals surface area contributed by atoms with Crippen molar-refractivity contribution in [3.05, 3.63) is 0 Å². The van der Waals surface area contributed by atoms with Crippen molar-refractivity contribution in [1.29, 1.82) is 0 Å². The van der Waals surface area contributed by atoms with Gasteiger partial charge >= 0.3 is 15.1 Å². The van der Waals surface area contributed by atoms with Gasteiger partial charge in [0.05, 0.1) is 26.2 Å². The zero-order valence-corrected chi connectivity index (χ0v) is 9.12. The van der Waals surface area contributed by atoms with Gasteiger partial charge in [-0.05, 0) is 38.5 Å². The number of hydrogen-bond acceptors (Lipinski definition) is 0. The molecule has 3 saturated heterocycles. The lowest BCUT2D eigenvalue weighted by atomic mass is 9.60. The van der Waals surface area contributed by atoms with Crippen LogP contribution in [0.4, 0.5) is 0 Å². The Balaban J connectivity index is 1.62. The molecule has 0 aromatic heterocycles. The molecule has 0 amide bonds. The molecule has 3 aliphatic heterocycles. The van der Waals surface area contributed by atoms with E-state index in [1.54, 1.807) is 0 Å². The van der Waals surface area contributed by atoms with E-state index in [2.05, 4.69) is 15.1 Å². The predicted octanol–water partition coefficient (Wildman–Crippen LogP) is 1.07. The Hall–Kier alpha value is 0.0499. The summed E-state index contributed by atoms with van der Waals surface area (Å²) in [4.78, 5) is 0. The van der Waals surface area contributed by atoms with Gasteiger partial charge in [0, 0.05) is 0 Å². The average Bonchev–Trinajstić information content (AvgIpc) is 2.18. The van der Waals surface area contributed by atoms with Crippen molar-refractivity contribution >= 4 is 15.1 Å². The van der Waals surface area contributed by atoms with E-state index in [4.69, 9.17) is 0 Å². The van der Waals surface area contributed by atoms with E-state index in [-0.39, 0.29) is 0 Å². The molecular formula is C10H20B2N2+2.